The summed E-state index contributed by atoms with van der Waals surface area (Å²) in [5, 5.41) is 3.78. The SMILES string of the molecule is C=C/C=C\C1=CC(C2CCN(S(C)(=O)=O)CC2)c2ccc(Cl)cc2C=C1CC/C(C)=C/NC=C. The van der Waals surface area contributed by atoms with Crippen molar-refractivity contribution in [3.63, 3.8) is 0 Å². The number of halogens is 1. The van der Waals surface area contributed by atoms with Crippen LogP contribution in [-0.4, -0.2) is 32.1 Å². The Bertz CT molecular complexity index is 1140. The van der Waals surface area contributed by atoms with Gasteiger partial charge in [-0.3, -0.25) is 0 Å². The molecule has 1 unspecified atom stereocenters. The summed E-state index contributed by atoms with van der Waals surface area (Å²) in [4.78, 5) is 0. The predicted molar refractivity (Wildman–Crippen MR) is 145 cm³/mol. The first-order chi connectivity index (χ1) is 16.2. The first kappa shape index (κ1) is 26.3. The van der Waals surface area contributed by atoms with Gasteiger partial charge in [-0.2, -0.15) is 0 Å². The van der Waals surface area contributed by atoms with Crippen molar-refractivity contribution in [2.45, 2.75) is 38.5 Å². The van der Waals surface area contributed by atoms with E-state index in [-0.39, 0.29) is 5.92 Å². The third kappa shape index (κ3) is 6.84. The molecule has 0 bridgehead atoms. The molecule has 1 fully saturated rings. The van der Waals surface area contributed by atoms with Crippen LogP contribution in [0, 0.1) is 5.92 Å². The van der Waals surface area contributed by atoms with Gasteiger partial charge in [0.15, 0.2) is 0 Å². The second-order valence-corrected chi connectivity index (χ2v) is 11.5. The minimum atomic E-state index is -3.16. The van der Waals surface area contributed by atoms with E-state index in [2.05, 4.69) is 49.7 Å². The van der Waals surface area contributed by atoms with Gasteiger partial charge in [0.25, 0.3) is 0 Å². The van der Waals surface area contributed by atoms with Crippen molar-refractivity contribution in [2.75, 3.05) is 19.3 Å². The quantitative estimate of drug-likeness (QED) is 0.391. The molecule has 0 aromatic heterocycles. The second-order valence-electron chi connectivity index (χ2n) is 9.05. The van der Waals surface area contributed by atoms with Gasteiger partial charge in [0.05, 0.1) is 6.26 Å². The highest BCUT2D eigenvalue weighted by molar-refractivity contribution is 7.88. The minimum absolute atomic E-state index is 0.186. The molecule has 3 rings (SSSR count). The molecule has 1 aliphatic carbocycles. The molecule has 1 aromatic rings. The molecule has 1 heterocycles. The number of nitrogens with zero attached hydrogens (tertiary/aromatic N) is 1. The fourth-order valence-corrected chi connectivity index (χ4v) is 5.80. The molecule has 1 atom stereocenters. The van der Waals surface area contributed by atoms with Crippen LogP contribution in [0.3, 0.4) is 0 Å². The second kappa shape index (κ2) is 11.9. The fraction of sp³-hybridized carbons (Fsp3) is 0.357. The monoisotopic (exact) mass is 498 g/mol. The maximum absolute atomic E-state index is 12.0. The van der Waals surface area contributed by atoms with Gasteiger partial charge in [-0.25, -0.2) is 12.7 Å². The number of piperidine rings is 1. The standard InChI is InChI=1S/C28H35ClN2O2S/c1-5-7-8-23-19-28(22-13-15-31(16-14-22)34(4,32)33)27-12-11-26(29)18-25(27)17-24(23)10-9-21(3)20-30-6-2/h5-8,11-12,17-20,22,28,30H,1-2,9-10,13-16H2,3-4H3/b8-7-,21-20+. The number of fused-ring (bicyclic) bond motifs is 1. The van der Waals surface area contributed by atoms with Gasteiger partial charge >= 0.3 is 0 Å². The summed E-state index contributed by atoms with van der Waals surface area (Å²) in [6, 6.07) is 6.14. The van der Waals surface area contributed by atoms with Gasteiger partial charge in [-0.15, -0.1) is 0 Å². The highest BCUT2D eigenvalue weighted by Gasteiger charge is 2.32. The van der Waals surface area contributed by atoms with Crippen LogP contribution >= 0.6 is 11.6 Å². The fourth-order valence-electron chi connectivity index (χ4n) is 4.75. The largest absolute Gasteiger partial charge is 0.368 e. The average molecular weight is 499 g/mol. The molecular weight excluding hydrogens is 464 g/mol. The summed E-state index contributed by atoms with van der Waals surface area (Å²) in [5.74, 6) is 0.544. The van der Waals surface area contributed by atoms with Gasteiger partial charge in [-0.1, -0.05) is 66.8 Å². The molecular formula is C28H35ClN2O2S. The minimum Gasteiger partial charge on any atom is -0.368 e. The molecule has 2 aliphatic rings. The first-order valence-corrected chi connectivity index (χ1v) is 13.9. The van der Waals surface area contributed by atoms with Crippen LogP contribution in [0.2, 0.25) is 5.02 Å². The summed E-state index contributed by atoms with van der Waals surface area (Å²) in [5.41, 5.74) is 6.08. The van der Waals surface area contributed by atoms with Gasteiger partial charge in [0.1, 0.15) is 0 Å². The van der Waals surface area contributed by atoms with Crippen LogP contribution in [-0.2, 0) is 10.0 Å². The lowest BCUT2D eigenvalue weighted by Gasteiger charge is -2.34. The zero-order valence-corrected chi connectivity index (χ0v) is 21.7. The molecule has 34 heavy (non-hydrogen) atoms. The third-order valence-electron chi connectivity index (χ3n) is 6.59. The first-order valence-electron chi connectivity index (χ1n) is 11.7. The number of nitrogens with one attached hydrogen (secondary N) is 1. The van der Waals surface area contributed by atoms with Crippen molar-refractivity contribution in [2.24, 2.45) is 5.92 Å². The summed E-state index contributed by atoms with van der Waals surface area (Å²) in [6.45, 7) is 10.8. The molecule has 1 aliphatic heterocycles. The van der Waals surface area contributed by atoms with E-state index in [4.69, 9.17) is 11.6 Å². The van der Waals surface area contributed by atoms with E-state index in [0.717, 1.165) is 36.3 Å². The molecule has 182 valence electrons. The van der Waals surface area contributed by atoms with Crippen molar-refractivity contribution >= 4 is 27.7 Å². The Kier molecular flexibility index (Phi) is 9.17. The lowest BCUT2D eigenvalue weighted by molar-refractivity contribution is 0.260. The summed E-state index contributed by atoms with van der Waals surface area (Å²) in [7, 11) is -3.16. The zero-order valence-electron chi connectivity index (χ0n) is 20.1. The maximum atomic E-state index is 12.0. The summed E-state index contributed by atoms with van der Waals surface area (Å²) >= 11 is 6.41. The normalized spacial score (nSPS) is 20.3. The maximum Gasteiger partial charge on any atom is 0.211 e. The number of benzene rings is 1. The van der Waals surface area contributed by atoms with Crippen LogP contribution in [0.15, 0.2) is 84.8 Å². The highest BCUT2D eigenvalue weighted by atomic mass is 35.5. The van der Waals surface area contributed by atoms with E-state index in [9.17, 15) is 8.42 Å². The zero-order chi connectivity index (χ0) is 24.7. The van der Waals surface area contributed by atoms with E-state index in [1.807, 2.05) is 24.4 Å². The molecule has 0 spiro atoms. The Morgan fingerprint density at radius 2 is 2.00 bits per heavy atom. The molecule has 1 aromatic carbocycles. The topological polar surface area (TPSA) is 49.4 Å². The summed E-state index contributed by atoms with van der Waals surface area (Å²) in [6.07, 6.45) is 19.0. The van der Waals surface area contributed by atoms with Crippen LogP contribution in [0.1, 0.15) is 49.7 Å². The van der Waals surface area contributed by atoms with Crippen molar-refractivity contribution in [1.29, 1.82) is 0 Å². The Balaban J connectivity index is 1.99. The highest BCUT2D eigenvalue weighted by Crippen LogP contribution is 2.42. The van der Waals surface area contributed by atoms with Crippen molar-refractivity contribution < 1.29 is 8.42 Å². The van der Waals surface area contributed by atoms with E-state index in [1.54, 1.807) is 16.6 Å². The van der Waals surface area contributed by atoms with Crippen LogP contribution in [0.5, 0.6) is 0 Å². The lowest BCUT2D eigenvalue weighted by atomic mass is 9.78. The van der Waals surface area contributed by atoms with Crippen molar-refractivity contribution in [3.05, 3.63) is 101 Å². The smallest absolute Gasteiger partial charge is 0.211 e. The van der Waals surface area contributed by atoms with E-state index in [1.165, 1.54) is 28.5 Å². The van der Waals surface area contributed by atoms with Crippen LogP contribution < -0.4 is 5.32 Å². The van der Waals surface area contributed by atoms with E-state index < -0.39 is 10.0 Å². The van der Waals surface area contributed by atoms with Gasteiger partial charge < -0.3 is 5.32 Å². The Hall–Kier alpha value is -2.34. The molecule has 0 amide bonds. The molecule has 1 N–H and O–H groups in total. The van der Waals surface area contributed by atoms with Gasteiger partial charge in [-0.05, 0) is 85.3 Å². The Morgan fingerprint density at radius 3 is 2.65 bits per heavy atom. The number of hydrogen-bond acceptors (Lipinski definition) is 3. The number of allylic oxidation sites excluding steroid dienone is 7. The number of rotatable bonds is 9. The van der Waals surface area contributed by atoms with Gasteiger partial charge in [0.2, 0.25) is 10.0 Å². The van der Waals surface area contributed by atoms with E-state index >= 15 is 0 Å². The lowest BCUT2D eigenvalue weighted by Crippen LogP contribution is -2.39. The average Bonchev–Trinajstić information content (AvgIpc) is 2.95. The molecule has 1 saturated heterocycles. The molecule has 0 saturated carbocycles. The van der Waals surface area contributed by atoms with E-state index in [0.29, 0.717) is 19.0 Å². The molecule has 6 heteroatoms. The molecule has 4 nitrogen and oxygen atoms in total. The Morgan fingerprint density at radius 1 is 1.26 bits per heavy atom. The van der Waals surface area contributed by atoms with Crippen molar-refractivity contribution in [1.82, 2.24) is 9.62 Å². The third-order valence-corrected chi connectivity index (χ3v) is 8.13. The molecule has 0 radical (unpaired) electrons. The Labute approximate surface area is 210 Å². The number of hydrogen-bond donors (Lipinski definition) is 1. The van der Waals surface area contributed by atoms with Crippen LogP contribution in [0.4, 0.5) is 0 Å². The van der Waals surface area contributed by atoms with Crippen molar-refractivity contribution in [3.8, 4) is 0 Å². The van der Waals surface area contributed by atoms with Gasteiger partial charge in [0, 0.05) is 24.0 Å². The van der Waals surface area contributed by atoms with Crippen LogP contribution in [0.25, 0.3) is 6.08 Å². The summed E-state index contributed by atoms with van der Waals surface area (Å²) < 4.78 is 25.6. The number of sulfonamides is 1. The predicted octanol–water partition coefficient (Wildman–Crippen LogP) is 6.58.